The van der Waals surface area contributed by atoms with Crippen LogP contribution in [-0.2, 0) is 0 Å². The van der Waals surface area contributed by atoms with Crippen LogP contribution in [0.2, 0.25) is 0 Å². The zero-order valence-corrected chi connectivity index (χ0v) is 13.2. The van der Waals surface area contributed by atoms with Gasteiger partial charge in [0.1, 0.15) is 5.75 Å². The van der Waals surface area contributed by atoms with Crippen LogP contribution in [0.4, 0.5) is 0 Å². The summed E-state index contributed by atoms with van der Waals surface area (Å²) in [6.45, 7) is 0. The molecule has 1 aromatic heterocycles. The Balaban J connectivity index is 1.59. The van der Waals surface area contributed by atoms with Crippen LogP contribution in [0, 0.1) is 0 Å². The molecule has 4 aromatic rings. The summed E-state index contributed by atoms with van der Waals surface area (Å²) in [6.07, 6.45) is 3.47. The normalized spacial score (nSPS) is 11.4. The second-order valence-electron chi connectivity index (χ2n) is 5.70. The number of aromatic amines is 1. The molecule has 5 nitrogen and oxygen atoms in total. The molecule has 0 saturated heterocycles. The molecule has 0 aliphatic rings. The molecule has 0 spiro atoms. The number of carbonyl (C=O) groups excluding carboxylic acids is 1. The molecule has 3 aromatic carbocycles. The van der Waals surface area contributed by atoms with Crippen LogP contribution in [0.25, 0.3) is 21.7 Å². The van der Waals surface area contributed by atoms with Crippen LogP contribution in [0.3, 0.4) is 0 Å². The summed E-state index contributed by atoms with van der Waals surface area (Å²) in [6, 6.07) is 18.4. The number of fused-ring (bicyclic) bond motifs is 3. The Hall–Kier alpha value is -3.60. The van der Waals surface area contributed by atoms with Crippen LogP contribution in [-0.4, -0.2) is 22.2 Å². The first kappa shape index (κ1) is 15.0. The summed E-state index contributed by atoms with van der Waals surface area (Å²) in [4.78, 5) is 15.3. The van der Waals surface area contributed by atoms with E-state index < -0.39 is 0 Å². The molecule has 0 unspecified atom stereocenters. The zero-order valence-electron chi connectivity index (χ0n) is 13.2. The van der Waals surface area contributed by atoms with E-state index in [0.717, 1.165) is 27.2 Å². The molecular formula is C20H15N3O2. The number of phenolic OH excluding ortho intramolecular Hbond substituents is 1. The van der Waals surface area contributed by atoms with E-state index in [9.17, 15) is 9.90 Å². The molecule has 122 valence electrons. The van der Waals surface area contributed by atoms with E-state index >= 15 is 0 Å². The van der Waals surface area contributed by atoms with Gasteiger partial charge in [0, 0.05) is 28.1 Å². The number of hydrazone groups is 1. The number of aromatic nitrogens is 1. The Labute approximate surface area is 143 Å². The van der Waals surface area contributed by atoms with Gasteiger partial charge in [-0.1, -0.05) is 42.5 Å². The van der Waals surface area contributed by atoms with Crippen LogP contribution in [0.15, 0.2) is 72.0 Å². The first-order chi connectivity index (χ1) is 12.2. The lowest BCUT2D eigenvalue weighted by Crippen LogP contribution is -2.17. The molecule has 1 amide bonds. The lowest BCUT2D eigenvalue weighted by atomic mass is 10.1. The monoisotopic (exact) mass is 329 g/mol. The third-order valence-corrected chi connectivity index (χ3v) is 4.09. The van der Waals surface area contributed by atoms with E-state index in [4.69, 9.17) is 0 Å². The van der Waals surface area contributed by atoms with Gasteiger partial charge in [-0.05, 0) is 23.6 Å². The second kappa shape index (κ2) is 6.13. The van der Waals surface area contributed by atoms with E-state index in [0.29, 0.717) is 5.56 Å². The minimum absolute atomic E-state index is 0.0418. The quantitative estimate of drug-likeness (QED) is 0.395. The number of phenols is 1. The third-order valence-electron chi connectivity index (χ3n) is 4.09. The van der Waals surface area contributed by atoms with E-state index in [1.165, 1.54) is 12.1 Å². The molecule has 0 fully saturated rings. The summed E-state index contributed by atoms with van der Waals surface area (Å²) in [5.41, 5.74) is 4.75. The maximum atomic E-state index is 12.0. The summed E-state index contributed by atoms with van der Waals surface area (Å²) in [5, 5.41) is 16.8. The first-order valence-electron chi connectivity index (χ1n) is 7.83. The summed E-state index contributed by atoms with van der Waals surface area (Å²) >= 11 is 0. The van der Waals surface area contributed by atoms with Crippen molar-refractivity contribution in [2.24, 2.45) is 5.10 Å². The fourth-order valence-corrected chi connectivity index (χ4v) is 2.87. The zero-order chi connectivity index (χ0) is 17.2. The van der Waals surface area contributed by atoms with Gasteiger partial charge in [0.15, 0.2) is 0 Å². The predicted octanol–water partition coefficient (Wildman–Crippen LogP) is 3.79. The Morgan fingerprint density at radius 3 is 2.80 bits per heavy atom. The lowest BCUT2D eigenvalue weighted by Gasteiger charge is -2.00. The molecule has 0 bridgehead atoms. The van der Waals surface area contributed by atoms with Gasteiger partial charge in [-0.3, -0.25) is 4.79 Å². The standard InChI is InChI=1S/C20H15N3O2/c24-16-6-3-5-14(10-16)20(25)23-22-12-15-11-21-19-17-7-2-1-4-13(17)8-9-18(15)19/h1-12,21,24H,(H,23,25)/b22-12-. The first-order valence-corrected chi connectivity index (χ1v) is 7.83. The van der Waals surface area contributed by atoms with Crippen molar-refractivity contribution < 1.29 is 9.90 Å². The van der Waals surface area contributed by atoms with Crippen molar-refractivity contribution in [1.82, 2.24) is 10.4 Å². The summed E-state index contributed by atoms with van der Waals surface area (Å²) < 4.78 is 0. The summed E-state index contributed by atoms with van der Waals surface area (Å²) in [5.74, 6) is -0.336. The molecule has 1 heterocycles. The van der Waals surface area contributed by atoms with Gasteiger partial charge in [-0.25, -0.2) is 5.43 Å². The number of nitrogens with one attached hydrogen (secondary N) is 2. The van der Waals surface area contributed by atoms with Crippen LogP contribution in [0.1, 0.15) is 15.9 Å². The molecule has 25 heavy (non-hydrogen) atoms. The number of rotatable bonds is 3. The van der Waals surface area contributed by atoms with Crippen molar-refractivity contribution in [3.8, 4) is 5.75 Å². The number of nitrogens with zero attached hydrogens (tertiary/aromatic N) is 1. The van der Waals surface area contributed by atoms with Gasteiger partial charge in [0.25, 0.3) is 5.91 Å². The molecule has 0 atom stereocenters. The summed E-state index contributed by atoms with van der Waals surface area (Å²) in [7, 11) is 0. The van der Waals surface area contributed by atoms with Crippen LogP contribution < -0.4 is 5.43 Å². The Kier molecular flexibility index (Phi) is 3.67. The number of aromatic hydroxyl groups is 1. The minimum Gasteiger partial charge on any atom is -0.508 e. The van der Waals surface area contributed by atoms with Crippen molar-refractivity contribution in [2.45, 2.75) is 0 Å². The van der Waals surface area contributed by atoms with Gasteiger partial charge in [0.05, 0.1) is 11.7 Å². The third kappa shape index (κ3) is 2.83. The molecule has 3 N–H and O–H groups in total. The van der Waals surface area contributed by atoms with E-state index in [-0.39, 0.29) is 11.7 Å². The molecule has 4 rings (SSSR count). The predicted molar refractivity (Wildman–Crippen MR) is 99.0 cm³/mol. The van der Waals surface area contributed by atoms with E-state index in [1.54, 1.807) is 18.3 Å². The Morgan fingerprint density at radius 1 is 1.04 bits per heavy atom. The Bertz CT molecular complexity index is 1110. The van der Waals surface area contributed by atoms with Crippen molar-refractivity contribution in [3.05, 3.63) is 78.0 Å². The number of H-pyrrole nitrogens is 1. The average Bonchev–Trinajstić information content (AvgIpc) is 3.05. The highest BCUT2D eigenvalue weighted by molar-refractivity contribution is 6.11. The second-order valence-corrected chi connectivity index (χ2v) is 5.70. The van der Waals surface area contributed by atoms with Gasteiger partial charge in [-0.15, -0.1) is 0 Å². The van der Waals surface area contributed by atoms with Crippen LogP contribution in [0.5, 0.6) is 5.75 Å². The molecule has 0 radical (unpaired) electrons. The highest BCUT2D eigenvalue weighted by Crippen LogP contribution is 2.26. The average molecular weight is 329 g/mol. The number of hydrogen-bond donors (Lipinski definition) is 3. The maximum Gasteiger partial charge on any atom is 0.271 e. The number of hydrogen-bond acceptors (Lipinski definition) is 3. The topological polar surface area (TPSA) is 77.5 Å². The fourth-order valence-electron chi connectivity index (χ4n) is 2.87. The molecular weight excluding hydrogens is 314 g/mol. The van der Waals surface area contributed by atoms with Gasteiger partial charge >= 0.3 is 0 Å². The number of benzene rings is 3. The highest BCUT2D eigenvalue weighted by Gasteiger charge is 2.07. The van der Waals surface area contributed by atoms with Crippen molar-refractivity contribution in [2.75, 3.05) is 0 Å². The van der Waals surface area contributed by atoms with Gasteiger partial charge in [-0.2, -0.15) is 5.10 Å². The van der Waals surface area contributed by atoms with Crippen LogP contribution >= 0.6 is 0 Å². The number of carbonyl (C=O) groups is 1. The van der Waals surface area contributed by atoms with Gasteiger partial charge < -0.3 is 10.1 Å². The fraction of sp³-hybridized carbons (Fsp3) is 0. The van der Waals surface area contributed by atoms with Crippen molar-refractivity contribution >= 4 is 33.8 Å². The van der Waals surface area contributed by atoms with E-state index in [1.807, 2.05) is 24.4 Å². The van der Waals surface area contributed by atoms with Gasteiger partial charge in [0.2, 0.25) is 0 Å². The molecule has 0 aliphatic carbocycles. The largest absolute Gasteiger partial charge is 0.508 e. The number of amides is 1. The highest BCUT2D eigenvalue weighted by atomic mass is 16.3. The molecule has 5 heteroatoms. The smallest absolute Gasteiger partial charge is 0.271 e. The lowest BCUT2D eigenvalue weighted by molar-refractivity contribution is 0.0954. The SMILES string of the molecule is O=C(N/N=C\c1c[nH]c2c1ccc1ccccc12)c1cccc(O)c1. The van der Waals surface area contributed by atoms with Crippen molar-refractivity contribution in [1.29, 1.82) is 0 Å². The maximum absolute atomic E-state index is 12.0. The van der Waals surface area contributed by atoms with Crippen molar-refractivity contribution in [3.63, 3.8) is 0 Å². The molecule has 0 aliphatic heterocycles. The Morgan fingerprint density at radius 2 is 1.92 bits per heavy atom. The molecule has 0 saturated carbocycles. The minimum atomic E-state index is -0.377. The van der Waals surface area contributed by atoms with E-state index in [2.05, 4.69) is 33.7 Å².